The van der Waals surface area contributed by atoms with Gasteiger partial charge in [-0.15, -0.1) is 10.2 Å². The van der Waals surface area contributed by atoms with Crippen LogP contribution >= 0.6 is 0 Å². The first-order valence-electron chi connectivity index (χ1n) is 9.24. The summed E-state index contributed by atoms with van der Waals surface area (Å²) in [6.45, 7) is 1.97. The topological polar surface area (TPSA) is 71.3 Å². The van der Waals surface area contributed by atoms with E-state index < -0.39 is 0 Å². The molecular formula is C21H22N4O2. The smallest absolute Gasteiger partial charge is 0.225 e. The highest BCUT2D eigenvalue weighted by Crippen LogP contribution is 2.23. The van der Waals surface area contributed by atoms with Crippen LogP contribution in [-0.4, -0.2) is 29.2 Å². The van der Waals surface area contributed by atoms with Crippen LogP contribution in [0.3, 0.4) is 0 Å². The number of hydrogen-bond donors (Lipinski definition) is 1. The third kappa shape index (κ3) is 4.16. The normalized spacial score (nSPS) is 16.9. The summed E-state index contributed by atoms with van der Waals surface area (Å²) in [6, 6.07) is 17.6. The molecule has 1 fully saturated rings. The summed E-state index contributed by atoms with van der Waals surface area (Å²) in [5.74, 6) is 1.59. The van der Waals surface area contributed by atoms with Crippen LogP contribution in [-0.2, 0) is 11.3 Å². The summed E-state index contributed by atoms with van der Waals surface area (Å²) in [4.78, 5) is 14.6. The highest BCUT2D eigenvalue weighted by atomic mass is 16.3. The number of rotatable bonds is 5. The lowest BCUT2D eigenvalue weighted by Crippen LogP contribution is -2.43. The van der Waals surface area contributed by atoms with E-state index in [2.05, 4.69) is 20.4 Å². The molecular weight excluding hydrogens is 340 g/mol. The second-order valence-electron chi connectivity index (χ2n) is 6.73. The van der Waals surface area contributed by atoms with Crippen LogP contribution in [0.2, 0.25) is 0 Å². The highest BCUT2D eigenvalue weighted by molar-refractivity contribution is 5.79. The lowest BCUT2D eigenvalue weighted by atomic mass is 9.97. The molecule has 2 aromatic heterocycles. The molecule has 1 amide bonds. The van der Waals surface area contributed by atoms with Crippen LogP contribution in [0.15, 0.2) is 65.3 Å². The zero-order valence-corrected chi connectivity index (χ0v) is 15.0. The number of piperidine rings is 1. The molecule has 0 saturated carbocycles. The minimum atomic E-state index is -0.0516. The maximum atomic E-state index is 12.5. The molecule has 0 bridgehead atoms. The van der Waals surface area contributed by atoms with Crippen LogP contribution in [0.4, 0.5) is 5.82 Å². The van der Waals surface area contributed by atoms with Crippen molar-refractivity contribution in [2.45, 2.75) is 19.4 Å². The van der Waals surface area contributed by atoms with Gasteiger partial charge >= 0.3 is 0 Å². The van der Waals surface area contributed by atoms with Gasteiger partial charge in [0.2, 0.25) is 5.91 Å². The van der Waals surface area contributed by atoms with E-state index in [9.17, 15) is 4.79 Å². The molecule has 0 radical (unpaired) electrons. The number of furan rings is 1. The van der Waals surface area contributed by atoms with E-state index in [-0.39, 0.29) is 11.8 Å². The zero-order valence-electron chi connectivity index (χ0n) is 15.0. The van der Waals surface area contributed by atoms with Gasteiger partial charge in [-0.05, 0) is 37.1 Å². The fraction of sp³-hybridized carbons (Fsp3) is 0.286. The van der Waals surface area contributed by atoms with Crippen LogP contribution < -0.4 is 10.2 Å². The minimum absolute atomic E-state index is 0.0516. The SMILES string of the molecule is O=C(NCc1ccco1)[C@@H]1CCCN(c2ccc(-c3ccccc3)nn2)C1. The second kappa shape index (κ2) is 8.03. The maximum absolute atomic E-state index is 12.5. The van der Waals surface area contributed by atoms with Gasteiger partial charge in [-0.2, -0.15) is 0 Å². The van der Waals surface area contributed by atoms with Crippen molar-refractivity contribution in [3.05, 3.63) is 66.6 Å². The van der Waals surface area contributed by atoms with Gasteiger partial charge in [0.15, 0.2) is 5.82 Å². The van der Waals surface area contributed by atoms with Crippen molar-refractivity contribution < 1.29 is 9.21 Å². The average molecular weight is 362 g/mol. The van der Waals surface area contributed by atoms with Gasteiger partial charge in [-0.1, -0.05) is 30.3 Å². The van der Waals surface area contributed by atoms with Crippen LogP contribution in [0, 0.1) is 5.92 Å². The van der Waals surface area contributed by atoms with E-state index >= 15 is 0 Å². The van der Waals surface area contributed by atoms with E-state index in [4.69, 9.17) is 4.42 Å². The Morgan fingerprint density at radius 2 is 2.00 bits per heavy atom. The fourth-order valence-electron chi connectivity index (χ4n) is 3.39. The van der Waals surface area contributed by atoms with Gasteiger partial charge in [0.05, 0.1) is 24.4 Å². The van der Waals surface area contributed by atoms with Crippen molar-refractivity contribution in [3.63, 3.8) is 0 Å². The molecule has 138 valence electrons. The number of anilines is 1. The maximum Gasteiger partial charge on any atom is 0.225 e. The molecule has 27 heavy (non-hydrogen) atoms. The third-order valence-corrected chi connectivity index (χ3v) is 4.85. The lowest BCUT2D eigenvalue weighted by molar-refractivity contribution is -0.125. The molecule has 1 aromatic carbocycles. The molecule has 1 atom stereocenters. The molecule has 6 heteroatoms. The molecule has 0 aliphatic carbocycles. The van der Waals surface area contributed by atoms with Gasteiger partial charge in [0, 0.05) is 18.7 Å². The Morgan fingerprint density at radius 3 is 2.74 bits per heavy atom. The number of benzene rings is 1. The molecule has 6 nitrogen and oxygen atoms in total. The van der Waals surface area contributed by atoms with E-state index in [0.717, 1.165) is 42.2 Å². The summed E-state index contributed by atoms with van der Waals surface area (Å²) in [5, 5.41) is 11.7. The van der Waals surface area contributed by atoms with E-state index in [0.29, 0.717) is 13.1 Å². The number of nitrogens with zero attached hydrogens (tertiary/aromatic N) is 3. The Bertz CT molecular complexity index is 863. The highest BCUT2D eigenvalue weighted by Gasteiger charge is 2.26. The number of amides is 1. The van der Waals surface area contributed by atoms with Gasteiger partial charge in [-0.25, -0.2) is 0 Å². The van der Waals surface area contributed by atoms with E-state index in [1.165, 1.54) is 0 Å². The molecule has 1 N–H and O–H groups in total. The fourth-order valence-corrected chi connectivity index (χ4v) is 3.39. The summed E-state index contributed by atoms with van der Waals surface area (Å²) < 4.78 is 5.27. The number of aromatic nitrogens is 2. The van der Waals surface area contributed by atoms with Crippen molar-refractivity contribution in [1.82, 2.24) is 15.5 Å². The quantitative estimate of drug-likeness (QED) is 0.754. The Balaban J connectivity index is 1.38. The van der Waals surface area contributed by atoms with Crippen LogP contribution in [0.1, 0.15) is 18.6 Å². The van der Waals surface area contributed by atoms with Crippen molar-refractivity contribution in [2.24, 2.45) is 5.92 Å². The molecule has 1 aliphatic rings. The van der Waals surface area contributed by atoms with Gasteiger partial charge in [0.25, 0.3) is 0 Å². The van der Waals surface area contributed by atoms with Crippen LogP contribution in [0.5, 0.6) is 0 Å². The largest absolute Gasteiger partial charge is 0.467 e. The molecule has 3 heterocycles. The molecule has 0 unspecified atom stereocenters. The average Bonchev–Trinajstić information content (AvgIpc) is 3.27. The monoisotopic (exact) mass is 362 g/mol. The van der Waals surface area contributed by atoms with Crippen LogP contribution in [0.25, 0.3) is 11.3 Å². The Labute approximate surface area is 158 Å². The predicted molar refractivity (Wildman–Crippen MR) is 103 cm³/mol. The van der Waals surface area contributed by atoms with Gasteiger partial charge < -0.3 is 14.6 Å². The van der Waals surface area contributed by atoms with Crippen molar-refractivity contribution in [3.8, 4) is 11.3 Å². The van der Waals surface area contributed by atoms with Gasteiger partial charge in [0.1, 0.15) is 5.76 Å². The van der Waals surface area contributed by atoms with E-state index in [1.54, 1.807) is 6.26 Å². The summed E-state index contributed by atoms with van der Waals surface area (Å²) in [5.41, 5.74) is 1.90. The molecule has 1 saturated heterocycles. The third-order valence-electron chi connectivity index (χ3n) is 4.85. The van der Waals surface area contributed by atoms with Crippen molar-refractivity contribution >= 4 is 11.7 Å². The summed E-state index contributed by atoms with van der Waals surface area (Å²) in [7, 11) is 0. The molecule has 4 rings (SSSR count). The molecule has 1 aliphatic heterocycles. The molecule has 0 spiro atoms. The lowest BCUT2D eigenvalue weighted by Gasteiger charge is -2.32. The first kappa shape index (κ1) is 17.3. The van der Waals surface area contributed by atoms with Gasteiger partial charge in [-0.3, -0.25) is 4.79 Å². The summed E-state index contributed by atoms with van der Waals surface area (Å²) in [6.07, 6.45) is 3.46. The Kier molecular flexibility index (Phi) is 5.14. The number of carbonyl (C=O) groups excluding carboxylic acids is 1. The number of hydrogen-bond acceptors (Lipinski definition) is 5. The molecule has 3 aromatic rings. The van der Waals surface area contributed by atoms with Crippen molar-refractivity contribution in [2.75, 3.05) is 18.0 Å². The summed E-state index contributed by atoms with van der Waals surface area (Å²) >= 11 is 0. The van der Waals surface area contributed by atoms with Crippen molar-refractivity contribution in [1.29, 1.82) is 0 Å². The first-order valence-corrected chi connectivity index (χ1v) is 9.24. The predicted octanol–water partition coefficient (Wildman–Crippen LogP) is 3.27. The minimum Gasteiger partial charge on any atom is -0.467 e. The zero-order chi connectivity index (χ0) is 18.5. The standard InChI is InChI=1S/C21H22N4O2/c26-21(22-14-18-9-5-13-27-18)17-8-4-12-25(15-17)20-11-10-19(23-24-20)16-6-2-1-3-7-16/h1-3,5-7,9-11,13,17H,4,8,12,14-15H2,(H,22,26)/t17-/m1/s1. The Morgan fingerprint density at radius 1 is 1.11 bits per heavy atom. The Hall–Kier alpha value is -3.15. The number of nitrogens with one attached hydrogen (secondary N) is 1. The number of carbonyl (C=O) groups is 1. The first-order chi connectivity index (χ1) is 13.3. The second-order valence-corrected chi connectivity index (χ2v) is 6.73. The van der Waals surface area contributed by atoms with E-state index in [1.807, 2.05) is 54.6 Å².